The predicted molar refractivity (Wildman–Crippen MR) is 54.6 cm³/mol. The van der Waals surface area contributed by atoms with E-state index in [0.29, 0.717) is 0 Å². The van der Waals surface area contributed by atoms with Gasteiger partial charge in [0.25, 0.3) is 0 Å². The Morgan fingerprint density at radius 3 is 2.10 bits per heavy atom. The molecule has 0 aromatic heterocycles. The Bertz CT molecular complexity index is 62.3. The molecular weight excluding hydrogens is 187 g/mol. The molecule has 0 bridgehead atoms. The molecule has 2 heteroatoms. The molecule has 0 rings (SSSR count). The van der Waals surface area contributed by atoms with Crippen LogP contribution in [-0.4, -0.2) is 12.0 Å². The van der Waals surface area contributed by atoms with Crippen LogP contribution in [0.15, 0.2) is 0 Å². The number of rotatable bonds is 6. The Morgan fingerprint density at radius 1 is 1.10 bits per heavy atom. The molecule has 60 valence electrons. The summed E-state index contributed by atoms with van der Waals surface area (Å²) in [6, 6.07) is 0. The van der Waals surface area contributed by atoms with Crippen molar-refractivity contribution in [1.29, 1.82) is 0 Å². The topological polar surface area (TPSA) is 0 Å². The highest BCUT2D eigenvalue weighted by atomic mass is 79.9. The minimum Gasteiger partial charge on any atom is -0.0928 e. The number of hydrogen-bond acceptors (Lipinski definition) is 0. The summed E-state index contributed by atoms with van der Waals surface area (Å²) in [7, 11) is 0. The Labute approximate surface area is 74.0 Å². The fourth-order valence-electron chi connectivity index (χ4n) is 1.22. The highest BCUT2D eigenvalue weighted by Gasteiger charge is 2.05. The van der Waals surface area contributed by atoms with Crippen LogP contribution in [0.2, 0.25) is 19.0 Å². The van der Waals surface area contributed by atoms with E-state index >= 15 is 0 Å². The summed E-state index contributed by atoms with van der Waals surface area (Å²) in [6.07, 6.45) is 6.89. The van der Waals surface area contributed by atoms with E-state index in [4.69, 9.17) is 0 Å². The number of halogens is 1. The zero-order valence-electron chi connectivity index (χ0n) is 7.20. The van der Waals surface area contributed by atoms with E-state index in [-0.39, 0.29) is 0 Å². The predicted octanol–water partition coefficient (Wildman–Crippen LogP) is 3.70. The summed E-state index contributed by atoms with van der Waals surface area (Å²) in [4.78, 5) is 0. The minimum atomic E-state index is 0.985. The molecule has 0 saturated heterocycles. The van der Waals surface area contributed by atoms with E-state index in [1.54, 1.807) is 0 Å². The summed E-state index contributed by atoms with van der Waals surface area (Å²) in [5.41, 5.74) is 0. The van der Waals surface area contributed by atoms with Crippen molar-refractivity contribution < 1.29 is 0 Å². The van der Waals surface area contributed by atoms with Crippen molar-refractivity contribution in [3.63, 3.8) is 0 Å². The molecule has 0 heterocycles. The first kappa shape index (κ1) is 10.5. The van der Waals surface area contributed by atoms with E-state index in [2.05, 4.69) is 29.8 Å². The second kappa shape index (κ2) is 7.65. The number of alkyl halides is 1. The van der Waals surface area contributed by atoms with Crippen molar-refractivity contribution in [2.24, 2.45) is 0 Å². The zero-order chi connectivity index (χ0) is 7.82. The molecular formula is C8H18BBr. The van der Waals surface area contributed by atoms with Gasteiger partial charge in [0.2, 0.25) is 0 Å². The standard InChI is InChI=1S/C8H18BBr/c1-3-9(4-2)7-5-6-8-10/h3-8H2,1-2H3. The van der Waals surface area contributed by atoms with Crippen LogP contribution in [0.5, 0.6) is 0 Å². The van der Waals surface area contributed by atoms with Gasteiger partial charge in [0.1, 0.15) is 6.71 Å². The lowest BCUT2D eigenvalue weighted by Gasteiger charge is -2.06. The summed E-state index contributed by atoms with van der Waals surface area (Å²) < 4.78 is 0. The van der Waals surface area contributed by atoms with Gasteiger partial charge in [0.15, 0.2) is 0 Å². The van der Waals surface area contributed by atoms with Crippen LogP contribution in [0, 0.1) is 0 Å². The zero-order valence-corrected chi connectivity index (χ0v) is 8.78. The lowest BCUT2D eigenvalue weighted by molar-refractivity contribution is 0.883. The van der Waals surface area contributed by atoms with Crippen molar-refractivity contribution in [3.05, 3.63) is 0 Å². The Kier molecular flexibility index (Phi) is 8.07. The molecule has 10 heavy (non-hydrogen) atoms. The molecule has 0 amide bonds. The molecule has 0 aliphatic rings. The molecule has 0 atom stereocenters. The highest BCUT2D eigenvalue weighted by Crippen LogP contribution is 2.09. The first-order chi connectivity index (χ1) is 4.85. The fraction of sp³-hybridized carbons (Fsp3) is 1.00. The fourth-order valence-corrected chi connectivity index (χ4v) is 1.62. The monoisotopic (exact) mass is 204 g/mol. The average Bonchev–Trinajstić information content (AvgIpc) is 1.99. The Morgan fingerprint density at radius 2 is 1.70 bits per heavy atom. The molecule has 0 nitrogen and oxygen atoms in total. The third kappa shape index (κ3) is 5.34. The molecule has 0 aliphatic carbocycles. The Balaban J connectivity index is 3.09. The van der Waals surface area contributed by atoms with Gasteiger partial charge in [0.05, 0.1) is 0 Å². The summed E-state index contributed by atoms with van der Waals surface area (Å²) >= 11 is 3.44. The van der Waals surface area contributed by atoms with Gasteiger partial charge >= 0.3 is 0 Å². The summed E-state index contributed by atoms with van der Waals surface area (Å²) in [6.45, 7) is 5.57. The van der Waals surface area contributed by atoms with Crippen molar-refractivity contribution in [3.8, 4) is 0 Å². The van der Waals surface area contributed by atoms with E-state index in [9.17, 15) is 0 Å². The van der Waals surface area contributed by atoms with Crippen LogP contribution in [0.1, 0.15) is 26.7 Å². The minimum absolute atomic E-state index is 0.985. The van der Waals surface area contributed by atoms with Crippen LogP contribution in [0.3, 0.4) is 0 Å². The third-order valence-electron chi connectivity index (χ3n) is 2.15. The molecule has 0 fully saturated rings. The van der Waals surface area contributed by atoms with E-state index in [0.717, 1.165) is 6.71 Å². The number of unbranched alkanes of at least 4 members (excludes halogenated alkanes) is 1. The second-order valence-electron chi connectivity index (χ2n) is 2.87. The van der Waals surface area contributed by atoms with Gasteiger partial charge in [0, 0.05) is 5.33 Å². The van der Waals surface area contributed by atoms with Crippen molar-refractivity contribution in [1.82, 2.24) is 0 Å². The quantitative estimate of drug-likeness (QED) is 0.352. The van der Waals surface area contributed by atoms with E-state index in [1.807, 2.05) is 0 Å². The SMILES string of the molecule is CCB(CC)CCCCBr. The van der Waals surface area contributed by atoms with Gasteiger partial charge in [-0.05, 0) is 6.42 Å². The van der Waals surface area contributed by atoms with Crippen LogP contribution in [0.4, 0.5) is 0 Å². The maximum absolute atomic E-state index is 3.44. The molecule has 0 unspecified atom stereocenters. The van der Waals surface area contributed by atoms with E-state index in [1.165, 1.54) is 37.1 Å². The summed E-state index contributed by atoms with van der Waals surface area (Å²) in [5, 5.41) is 1.17. The van der Waals surface area contributed by atoms with Gasteiger partial charge < -0.3 is 0 Å². The summed E-state index contributed by atoms with van der Waals surface area (Å²) in [5.74, 6) is 0. The van der Waals surface area contributed by atoms with Crippen LogP contribution < -0.4 is 0 Å². The van der Waals surface area contributed by atoms with Crippen molar-refractivity contribution >= 4 is 22.6 Å². The third-order valence-corrected chi connectivity index (χ3v) is 2.71. The van der Waals surface area contributed by atoms with Gasteiger partial charge in [-0.15, -0.1) is 0 Å². The second-order valence-corrected chi connectivity index (χ2v) is 3.66. The Hall–Kier alpha value is 0.545. The molecule has 0 saturated carbocycles. The maximum Gasteiger partial charge on any atom is 0.139 e. The molecule has 0 spiro atoms. The van der Waals surface area contributed by atoms with Gasteiger partial charge in [-0.25, -0.2) is 0 Å². The highest BCUT2D eigenvalue weighted by molar-refractivity contribution is 9.09. The van der Waals surface area contributed by atoms with Gasteiger partial charge in [-0.1, -0.05) is 55.2 Å². The smallest absolute Gasteiger partial charge is 0.0928 e. The van der Waals surface area contributed by atoms with Crippen molar-refractivity contribution in [2.45, 2.75) is 45.6 Å². The first-order valence-electron chi connectivity index (χ1n) is 4.41. The number of hydrogen-bond donors (Lipinski definition) is 0. The normalized spacial score (nSPS) is 9.90. The molecule has 0 N–H and O–H groups in total. The molecule has 0 aliphatic heterocycles. The lowest BCUT2D eigenvalue weighted by atomic mass is 9.43. The lowest BCUT2D eigenvalue weighted by Crippen LogP contribution is -2.07. The van der Waals surface area contributed by atoms with Gasteiger partial charge in [-0.3, -0.25) is 0 Å². The van der Waals surface area contributed by atoms with Crippen molar-refractivity contribution in [2.75, 3.05) is 5.33 Å². The largest absolute Gasteiger partial charge is 0.139 e. The van der Waals surface area contributed by atoms with Crippen LogP contribution >= 0.6 is 15.9 Å². The molecule has 0 radical (unpaired) electrons. The molecule has 0 aromatic rings. The molecule has 0 aromatic carbocycles. The first-order valence-corrected chi connectivity index (χ1v) is 5.53. The van der Waals surface area contributed by atoms with E-state index < -0.39 is 0 Å². The van der Waals surface area contributed by atoms with Gasteiger partial charge in [-0.2, -0.15) is 0 Å². The van der Waals surface area contributed by atoms with Crippen LogP contribution in [-0.2, 0) is 0 Å². The average molecular weight is 205 g/mol. The van der Waals surface area contributed by atoms with Crippen LogP contribution in [0.25, 0.3) is 0 Å². The maximum atomic E-state index is 3.44.